The van der Waals surface area contributed by atoms with Crippen molar-refractivity contribution in [1.29, 1.82) is 0 Å². The topological polar surface area (TPSA) is 49.4 Å². The van der Waals surface area contributed by atoms with Gasteiger partial charge in [-0.25, -0.2) is 0 Å². The summed E-state index contributed by atoms with van der Waals surface area (Å²) in [6.45, 7) is 6.78. The van der Waals surface area contributed by atoms with Crippen molar-refractivity contribution in [3.05, 3.63) is 0 Å². The van der Waals surface area contributed by atoms with E-state index >= 15 is 0 Å². The van der Waals surface area contributed by atoms with Gasteiger partial charge >= 0.3 is 0 Å². The highest BCUT2D eigenvalue weighted by Gasteiger charge is 2.12. The molecule has 0 radical (unpaired) electrons. The van der Waals surface area contributed by atoms with Gasteiger partial charge in [0.1, 0.15) is 0 Å². The van der Waals surface area contributed by atoms with E-state index in [1.54, 1.807) is 18.2 Å². The molecule has 0 fully saturated rings. The molecule has 1 N–H and O–H groups in total. The van der Waals surface area contributed by atoms with Gasteiger partial charge in [-0.05, 0) is 20.8 Å². The molecule has 2 unspecified atom stereocenters. The van der Waals surface area contributed by atoms with Crippen molar-refractivity contribution in [2.45, 2.75) is 32.1 Å². The number of nitrogens with zero attached hydrogens (tertiary/aromatic N) is 1. The molecule has 5 heteroatoms. The summed E-state index contributed by atoms with van der Waals surface area (Å²) in [6, 6.07) is 0.219. The number of carbonyl (C=O) groups is 1. The van der Waals surface area contributed by atoms with Gasteiger partial charge in [-0.1, -0.05) is 0 Å². The van der Waals surface area contributed by atoms with Gasteiger partial charge in [0.15, 0.2) is 0 Å². The molecule has 0 aromatic heterocycles. The third-order valence-electron chi connectivity index (χ3n) is 2.44. The lowest BCUT2D eigenvalue weighted by Crippen LogP contribution is -2.41. The molecule has 0 saturated heterocycles. The molecule has 4 nitrogen and oxygen atoms in total. The van der Waals surface area contributed by atoms with E-state index in [4.69, 9.17) is 0 Å². The van der Waals surface area contributed by atoms with Crippen molar-refractivity contribution in [2.24, 2.45) is 0 Å². The number of carbonyl (C=O) groups excluding carboxylic acids is 1. The highest BCUT2D eigenvalue weighted by Crippen LogP contribution is 1.94. The van der Waals surface area contributed by atoms with E-state index in [-0.39, 0.29) is 17.2 Å². The van der Waals surface area contributed by atoms with Crippen molar-refractivity contribution in [1.82, 2.24) is 10.2 Å². The van der Waals surface area contributed by atoms with E-state index in [9.17, 15) is 9.00 Å². The number of likely N-dealkylation sites (N-methyl/N-ethyl adjacent to an activating group) is 1. The van der Waals surface area contributed by atoms with Gasteiger partial charge in [0.2, 0.25) is 5.91 Å². The van der Waals surface area contributed by atoms with Crippen LogP contribution in [0.2, 0.25) is 0 Å². The van der Waals surface area contributed by atoms with Gasteiger partial charge in [-0.15, -0.1) is 0 Å². The Morgan fingerprint density at radius 1 is 1.40 bits per heavy atom. The van der Waals surface area contributed by atoms with Crippen LogP contribution in [-0.2, 0) is 15.6 Å². The normalized spacial score (nSPS) is 15.1. The fourth-order valence-electron chi connectivity index (χ4n) is 0.912. The van der Waals surface area contributed by atoms with Crippen molar-refractivity contribution in [2.75, 3.05) is 26.4 Å². The summed E-state index contributed by atoms with van der Waals surface area (Å²) in [4.78, 5) is 13.2. The van der Waals surface area contributed by atoms with Crippen molar-refractivity contribution < 1.29 is 9.00 Å². The van der Waals surface area contributed by atoms with E-state index in [1.165, 1.54) is 0 Å². The fraction of sp³-hybridized carbons (Fsp3) is 0.900. The van der Waals surface area contributed by atoms with Crippen LogP contribution in [0.1, 0.15) is 20.8 Å². The Balaban J connectivity index is 3.78. The monoisotopic (exact) mass is 234 g/mol. The highest BCUT2D eigenvalue weighted by atomic mass is 32.2. The lowest BCUT2D eigenvalue weighted by Gasteiger charge is -2.21. The molecule has 0 aliphatic rings. The molecule has 0 saturated carbocycles. The van der Waals surface area contributed by atoms with Crippen LogP contribution >= 0.6 is 0 Å². The zero-order chi connectivity index (χ0) is 12.0. The molecule has 0 spiro atoms. The largest absolute Gasteiger partial charge is 0.342 e. The Hall–Kier alpha value is -0.420. The molecule has 0 heterocycles. The minimum atomic E-state index is -0.832. The van der Waals surface area contributed by atoms with Crippen molar-refractivity contribution in [3.63, 3.8) is 0 Å². The molecule has 0 aromatic rings. The van der Waals surface area contributed by atoms with E-state index in [0.29, 0.717) is 13.1 Å². The Morgan fingerprint density at radius 2 is 1.93 bits per heavy atom. The number of hydrogen-bond acceptors (Lipinski definition) is 3. The molecule has 0 aliphatic heterocycles. The molecule has 0 rings (SSSR count). The summed E-state index contributed by atoms with van der Waals surface area (Å²) in [6.07, 6.45) is 1.68. The standard InChI is InChI=1S/C10H22N2O2S/c1-8(2)12(4)10(13)7-11-6-9(3)15(5)14/h8-9,11H,6-7H2,1-5H3. The molecule has 2 atom stereocenters. The van der Waals surface area contributed by atoms with E-state index in [0.717, 1.165) is 0 Å². The Bertz CT molecular complexity index is 231. The quantitative estimate of drug-likeness (QED) is 0.715. The van der Waals surface area contributed by atoms with E-state index in [2.05, 4.69) is 5.32 Å². The van der Waals surface area contributed by atoms with Gasteiger partial charge in [-0.3, -0.25) is 9.00 Å². The molecule has 90 valence electrons. The maximum atomic E-state index is 11.5. The summed E-state index contributed by atoms with van der Waals surface area (Å²) in [5.41, 5.74) is 0. The summed E-state index contributed by atoms with van der Waals surface area (Å²) in [7, 11) is 0.956. The third kappa shape index (κ3) is 5.89. The average molecular weight is 234 g/mol. The number of nitrogens with one attached hydrogen (secondary N) is 1. The smallest absolute Gasteiger partial charge is 0.236 e. The van der Waals surface area contributed by atoms with Crippen molar-refractivity contribution in [3.8, 4) is 0 Å². The number of rotatable bonds is 6. The van der Waals surface area contributed by atoms with Gasteiger partial charge < -0.3 is 10.2 Å². The molecule has 15 heavy (non-hydrogen) atoms. The van der Waals surface area contributed by atoms with Crippen LogP contribution in [0.3, 0.4) is 0 Å². The first kappa shape index (κ1) is 14.6. The first-order chi connectivity index (χ1) is 6.86. The predicted molar refractivity (Wildman–Crippen MR) is 64.3 cm³/mol. The van der Waals surface area contributed by atoms with Gasteiger partial charge in [0.25, 0.3) is 0 Å². The van der Waals surface area contributed by atoms with Gasteiger partial charge in [0, 0.05) is 41.9 Å². The van der Waals surface area contributed by atoms with Crippen LogP contribution in [0.25, 0.3) is 0 Å². The molecule has 0 aromatic carbocycles. The second-order valence-corrected chi connectivity index (χ2v) is 5.84. The van der Waals surface area contributed by atoms with Gasteiger partial charge in [-0.2, -0.15) is 0 Å². The molecule has 0 aliphatic carbocycles. The first-order valence-electron chi connectivity index (χ1n) is 5.14. The summed E-state index contributed by atoms with van der Waals surface area (Å²) in [5.74, 6) is 0.0686. The average Bonchev–Trinajstić information content (AvgIpc) is 2.15. The second kappa shape index (κ2) is 6.95. The van der Waals surface area contributed by atoms with Crippen LogP contribution in [0.5, 0.6) is 0 Å². The van der Waals surface area contributed by atoms with Crippen LogP contribution in [0.15, 0.2) is 0 Å². The Morgan fingerprint density at radius 3 is 2.33 bits per heavy atom. The van der Waals surface area contributed by atoms with E-state index in [1.807, 2.05) is 20.8 Å². The molecule has 0 bridgehead atoms. The Kier molecular flexibility index (Phi) is 6.76. The van der Waals surface area contributed by atoms with E-state index < -0.39 is 10.8 Å². The summed E-state index contributed by atoms with van der Waals surface area (Å²) >= 11 is 0. The number of amides is 1. The molecule has 1 amide bonds. The lowest BCUT2D eigenvalue weighted by atomic mass is 10.3. The zero-order valence-corrected chi connectivity index (χ0v) is 11.1. The fourth-order valence-corrected chi connectivity index (χ4v) is 1.26. The van der Waals surface area contributed by atoms with Gasteiger partial charge in [0.05, 0.1) is 6.54 Å². The van der Waals surface area contributed by atoms with Crippen LogP contribution in [-0.4, -0.2) is 52.7 Å². The SMILES string of the molecule is CC(C)N(C)C(=O)CNCC(C)S(C)=O. The second-order valence-electron chi connectivity index (χ2n) is 4.04. The minimum absolute atomic E-state index is 0.0686. The molecular weight excluding hydrogens is 212 g/mol. The van der Waals surface area contributed by atoms with Crippen LogP contribution in [0.4, 0.5) is 0 Å². The highest BCUT2D eigenvalue weighted by molar-refractivity contribution is 7.84. The van der Waals surface area contributed by atoms with Crippen molar-refractivity contribution >= 4 is 16.7 Å². The minimum Gasteiger partial charge on any atom is -0.342 e. The maximum Gasteiger partial charge on any atom is 0.236 e. The predicted octanol–water partition coefficient (Wildman–Crippen LogP) is 0.210. The number of hydrogen-bond donors (Lipinski definition) is 1. The Labute approximate surface area is 94.9 Å². The van der Waals surface area contributed by atoms with Crippen LogP contribution in [0, 0.1) is 0 Å². The third-order valence-corrected chi connectivity index (χ3v) is 3.74. The molecular formula is C10H22N2O2S. The summed E-state index contributed by atoms with van der Waals surface area (Å²) < 4.78 is 11.0. The maximum absolute atomic E-state index is 11.5. The lowest BCUT2D eigenvalue weighted by molar-refractivity contribution is -0.130. The zero-order valence-electron chi connectivity index (χ0n) is 10.2. The first-order valence-corrected chi connectivity index (χ1v) is 6.77. The summed E-state index contributed by atoms with van der Waals surface area (Å²) in [5, 5.41) is 3.10. The van der Waals surface area contributed by atoms with Crippen LogP contribution < -0.4 is 5.32 Å².